The number of hydrogen-bond acceptors (Lipinski definition) is 4. The molecule has 0 aliphatic heterocycles. The molecule has 1 atom stereocenters. The molecule has 0 aliphatic carbocycles. The maximum atomic E-state index is 12.8. The minimum Gasteiger partial charge on any atom is -0.306 e. The summed E-state index contributed by atoms with van der Waals surface area (Å²) in [6.07, 6.45) is 0. The molecule has 1 aromatic carbocycles. The molecule has 2 aromatic rings. The van der Waals surface area contributed by atoms with Gasteiger partial charge in [0.25, 0.3) is 0 Å². The molecule has 19 heavy (non-hydrogen) atoms. The number of rotatable bonds is 5. The third-order valence-corrected chi connectivity index (χ3v) is 3.73. The molecule has 0 amide bonds. The van der Waals surface area contributed by atoms with Gasteiger partial charge in [0.05, 0.1) is 4.92 Å². The Kier molecular flexibility index (Phi) is 4.24. The van der Waals surface area contributed by atoms with Crippen LogP contribution in [0.25, 0.3) is 0 Å². The van der Waals surface area contributed by atoms with Crippen LogP contribution in [-0.4, -0.2) is 4.92 Å². The van der Waals surface area contributed by atoms with Crippen molar-refractivity contribution in [3.05, 3.63) is 62.8 Å². The monoisotopic (exact) mass is 280 g/mol. The fourth-order valence-corrected chi connectivity index (χ4v) is 2.42. The van der Waals surface area contributed by atoms with Gasteiger partial charge in [0.2, 0.25) is 0 Å². The van der Waals surface area contributed by atoms with E-state index in [0.29, 0.717) is 6.54 Å². The van der Waals surface area contributed by atoms with Gasteiger partial charge in [-0.25, -0.2) is 4.39 Å². The van der Waals surface area contributed by atoms with E-state index in [9.17, 15) is 14.5 Å². The first-order valence-corrected chi connectivity index (χ1v) is 6.65. The Morgan fingerprint density at radius 3 is 2.68 bits per heavy atom. The summed E-state index contributed by atoms with van der Waals surface area (Å²) in [5, 5.41) is 15.7. The molecule has 0 bridgehead atoms. The van der Waals surface area contributed by atoms with Gasteiger partial charge in [0.15, 0.2) is 0 Å². The zero-order valence-corrected chi connectivity index (χ0v) is 11.1. The summed E-state index contributed by atoms with van der Waals surface area (Å²) in [4.78, 5) is 10.2. The van der Waals surface area contributed by atoms with Gasteiger partial charge < -0.3 is 5.32 Å². The van der Waals surface area contributed by atoms with E-state index in [-0.39, 0.29) is 16.9 Å². The summed E-state index contributed by atoms with van der Waals surface area (Å²) >= 11 is 1.12. The second-order valence-electron chi connectivity index (χ2n) is 4.20. The number of nitro groups is 1. The van der Waals surface area contributed by atoms with Gasteiger partial charge in [-0.3, -0.25) is 10.1 Å². The second-order valence-corrected chi connectivity index (χ2v) is 5.09. The van der Waals surface area contributed by atoms with Gasteiger partial charge in [0.1, 0.15) is 5.82 Å². The standard InChI is InChI=1S/C13H13FN2O2S/c1-9(11-2-4-12(14)5-3-11)15-7-10-6-13(16(17)18)19-8-10/h2-6,8-9,15H,7H2,1H3/t9-/m0/s1. The number of benzene rings is 1. The molecule has 0 spiro atoms. The van der Waals surface area contributed by atoms with Crippen LogP contribution >= 0.6 is 11.3 Å². The van der Waals surface area contributed by atoms with Crippen molar-refractivity contribution in [3.8, 4) is 0 Å². The average molecular weight is 280 g/mol. The number of hydrogen-bond donors (Lipinski definition) is 1. The van der Waals surface area contributed by atoms with Crippen LogP contribution in [0.2, 0.25) is 0 Å². The molecule has 0 radical (unpaired) electrons. The van der Waals surface area contributed by atoms with Crippen molar-refractivity contribution >= 4 is 16.3 Å². The fourth-order valence-electron chi connectivity index (χ4n) is 1.69. The van der Waals surface area contributed by atoms with Gasteiger partial charge in [0, 0.05) is 24.0 Å². The van der Waals surface area contributed by atoms with Crippen molar-refractivity contribution in [1.82, 2.24) is 5.32 Å². The molecule has 1 heterocycles. The van der Waals surface area contributed by atoms with E-state index < -0.39 is 4.92 Å². The van der Waals surface area contributed by atoms with Crippen molar-refractivity contribution in [3.63, 3.8) is 0 Å². The topological polar surface area (TPSA) is 55.2 Å². The van der Waals surface area contributed by atoms with Crippen molar-refractivity contribution in [2.75, 3.05) is 0 Å². The summed E-state index contributed by atoms with van der Waals surface area (Å²) in [5.74, 6) is -0.260. The molecule has 1 aromatic heterocycles. The Morgan fingerprint density at radius 1 is 1.42 bits per heavy atom. The van der Waals surface area contributed by atoms with Crippen molar-refractivity contribution in [2.45, 2.75) is 19.5 Å². The Labute approximate surface area is 114 Å². The Bertz CT molecular complexity index is 568. The van der Waals surface area contributed by atoms with Gasteiger partial charge in [-0.05, 0) is 30.2 Å². The normalized spacial score (nSPS) is 12.3. The summed E-state index contributed by atoms with van der Waals surface area (Å²) in [6, 6.07) is 7.91. The number of thiophene rings is 1. The highest BCUT2D eigenvalue weighted by Gasteiger charge is 2.10. The maximum absolute atomic E-state index is 12.8. The third kappa shape index (κ3) is 3.59. The number of nitrogens with zero attached hydrogens (tertiary/aromatic N) is 1. The highest BCUT2D eigenvalue weighted by Crippen LogP contribution is 2.23. The fraction of sp³-hybridized carbons (Fsp3) is 0.231. The van der Waals surface area contributed by atoms with Gasteiger partial charge in [-0.2, -0.15) is 0 Å². The van der Waals surface area contributed by atoms with E-state index in [1.54, 1.807) is 23.6 Å². The van der Waals surface area contributed by atoms with Crippen LogP contribution in [0, 0.1) is 15.9 Å². The summed E-state index contributed by atoms with van der Waals surface area (Å²) in [7, 11) is 0. The molecule has 0 unspecified atom stereocenters. The predicted molar refractivity (Wildman–Crippen MR) is 72.6 cm³/mol. The highest BCUT2D eigenvalue weighted by molar-refractivity contribution is 7.13. The van der Waals surface area contributed by atoms with Crippen LogP contribution in [0.3, 0.4) is 0 Å². The lowest BCUT2D eigenvalue weighted by Gasteiger charge is -2.13. The Morgan fingerprint density at radius 2 is 2.11 bits per heavy atom. The van der Waals surface area contributed by atoms with Crippen LogP contribution < -0.4 is 5.32 Å². The summed E-state index contributed by atoms with van der Waals surface area (Å²) in [6.45, 7) is 2.51. The predicted octanol–water partition coefficient (Wildman–Crippen LogP) is 3.65. The largest absolute Gasteiger partial charge is 0.324 e. The third-order valence-electron chi connectivity index (χ3n) is 2.80. The van der Waals surface area contributed by atoms with E-state index in [1.807, 2.05) is 6.92 Å². The lowest BCUT2D eigenvalue weighted by Crippen LogP contribution is -2.17. The molecule has 0 saturated heterocycles. The Balaban J connectivity index is 1.94. The van der Waals surface area contributed by atoms with Gasteiger partial charge in [-0.15, -0.1) is 0 Å². The summed E-state index contributed by atoms with van der Waals surface area (Å²) < 4.78 is 12.8. The smallest absolute Gasteiger partial charge is 0.306 e. The van der Waals surface area contributed by atoms with E-state index in [2.05, 4.69) is 5.32 Å². The zero-order valence-electron chi connectivity index (χ0n) is 10.3. The molecule has 0 fully saturated rings. The van der Waals surface area contributed by atoms with Crippen LogP contribution in [-0.2, 0) is 6.54 Å². The lowest BCUT2D eigenvalue weighted by molar-refractivity contribution is -0.380. The molecule has 100 valence electrons. The van der Waals surface area contributed by atoms with E-state index in [4.69, 9.17) is 0 Å². The summed E-state index contributed by atoms with van der Waals surface area (Å²) in [5.41, 5.74) is 1.86. The van der Waals surface area contributed by atoms with Gasteiger partial charge >= 0.3 is 5.00 Å². The number of nitrogens with one attached hydrogen (secondary N) is 1. The van der Waals surface area contributed by atoms with Crippen LogP contribution in [0.1, 0.15) is 24.1 Å². The van der Waals surface area contributed by atoms with Crippen LogP contribution in [0.5, 0.6) is 0 Å². The quantitative estimate of drug-likeness (QED) is 0.672. The second kappa shape index (κ2) is 5.90. The molecular formula is C13H13FN2O2S. The molecule has 6 heteroatoms. The van der Waals surface area contributed by atoms with Crippen LogP contribution in [0.15, 0.2) is 35.7 Å². The molecule has 0 aliphatic rings. The minimum absolute atomic E-state index is 0.0551. The first kappa shape index (κ1) is 13.6. The van der Waals surface area contributed by atoms with E-state index in [1.165, 1.54) is 12.1 Å². The molecule has 2 rings (SSSR count). The minimum atomic E-state index is -0.391. The molecule has 1 N–H and O–H groups in total. The average Bonchev–Trinajstić information content (AvgIpc) is 2.86. The molecule has 0 saturated carbocycles. The van der Waals surface area contributed by atoms with E-state index >= 15 is 0 Å². The van der Waals surface area contributed by atoms with E-state index in [0.717, 1.165) is 22.5 Å². The highest BCUT2D eigenvalue weighted by atomic mass is 32.1. The van der Waals surface area contributed by atoms with Crippen LogP contribution in [0.4, 0.5) is 9.39 Å². The first-order chi connectivity index (χ1) is 9.06. The molecule has 4 nitrogen and oxygen atoms in total. The van der Waals surface area contributed by atoms with Crippen molar-refractivity contribution in [1.29, 1.82) is 0 Å². The number of halogens is 1. The van der Waals surface area contributed by atoms with Crippen molar-refractivity contribution < 1.29 is 9.31 Å². The SMILES string of the molecule is C[C@H](NCc1csc([N+](=O)[O-])c1)c1ccc(F)cc1. The first-order valence-electron chi connectivity index (χ1n) is 5.77. The molecular weight excluding hydrogens is 267 g/mol. The lowest BCUT2D eigenvalue weighted by atomic mass is 10.1. The zero-order chi connectivity index (χ0) is 13.8. The van der Waals surface area contributed by atoms with Gasteiger partial charge in [-0.1, -0.05) is 23.5 Å². The maximum Gasteiger partial charge on any atom is 0.324 e. The Hall–Kier alpha value is -1.79. The van der Waals surface area contributed by atoms with Crippen molar-refractivity contribution in [2.24, 2.45) is 0 Å².